The molecular weight excluding hydrogens is 1300 g/mol. The number of ether oxygens (including phenoxy) is 5. The quantitative estimate of drug-likeness (QED) is 0.0686. The molecule has 11 rings (SSSR count). The van der Waals surface area contributed by atoms with Gasteiger partial charge in [0.05, 0.1) is 38.0 Å². The van der Waals surface area contributed by atoms with Gasteiger partial charge in [0.1, 0.15) is 28.5 Å². The number of amides is 4. The maximum Gasteiger partial charge on any atom is 0.495 e. The van der Waals surface area contributed by atoms with Crippen LogP contribution >= 0.6 is 39.1 Å². The number of carbonyl (C=O) groups is 5. The molecule has 5 aliphatic rings. The summed E-state index contributed by atoms with van der Waals surface area (Å²) in [7, 11) is -0.516. The van der Waals surface area contributed by atoms with Gasteiger partial charge in [-0.3, -0.25) is 14.4 Å². The minimum absolute atomic E-state index is 0.0553. The number of fused-ring (bicyclic) bond motifs is 4. The first kappa shape index (κ1) is 71.7. The number of hydrogen-bond acceptors (Lipinski definition) is 12. The van der Waals surface area contributed by atoms with E-state index in [0.29, 0.717) is 103 Å². The van der Waals surface area contributed by atoms with Crippen molar-refractivity contribution in [2.75, 3.05) is 49.1 Å². The summed E-state index contributed by atoms with van der Waals surface area (Å²) in [5.74, 6) is 2.38. The molecule has 2 unspecified atom stereocenters. The SMILES string of the molecule is CC(C)(C)C(=O)Oc1cc(B2OC(C)(C)C(C)(C)O2)c2ccccc2c1.CC(C)CC1Oc2cc(Br)c(Cl)cc2N(CC2CN(C(=O)OC(C)(C)C)C2)C1=O.Cc1cc(-c2cc3c(cc2Cl)N(CC2CN(C(=O)OC(C)(C)C)C2)C(=O)C(CC(C)C)O3)c2ccccc2c1. The van der Waals surface area contributed by atoms with Crippen LogP contribution in [0.15, 0.2) is 102 Å². The van der Waals surface area contributed by atoms with Gasteiger partial charge in [0.15, 0.2) is 12.2 Å². The molecule has 5 aliphatic heterocycles. The molecule has 0 N–H and O–H groups in total. The topological polar surface area (TPSA) is 163 Å². The maximum absolute atomic E-state index is 13.6. The van der Waals surface area contributed by atoms with Crippen molar-refractivity contribution in [3.8, 4) is 28.4 Å². The van der Waals surface area contributed by atoms with E-state index in [1.165, 1.54) is 0 Å². The van der Waals surface area contributed by atoms with Gasteiger partial charge in [0.2, 0.25) is 0 Å². The van der Waals surface area contributed by atoms with Crippen molar-refractivity contribution in [2.24, 2.45) is 29.1 Å². The van der Waals surface area contributed by atoms with Crippen LogP contribution in [0, 0.1) is 36.0 Å². The van der Waals surface area contributed by atoms with Gasteiger partial charge in [-0.1, -0.05) is 112 Å². The summed E-state index contributed by atoms with van der Waals surface area (Å²) >= 11 is 16.6. The van der Waals surface area contributed by atoms with Crippen LogP contribution in [0.3, 0.4) is 0 Å². The number of rotatable bonds is 11. The Labute approximate surface area is 573 Å². The molecule has 504 valence electrons. The minimum Gasteiger partial charge on any atom is -0.478 e. The minimum atomic E-state index is -0.573. The highest BCUT2D eigenvalue weighted by Gasteiger charge is 2.52. The number of carbonyl (C=O) groups excluding carboxylic acids is 5. The van der Waals surface area contributed by atoms with Crippen molar-refractivity contribution in [3.63, 3.8) is 0 Å². The van der Waals surface area contributed by atoms with Crippen LogP contribution in [-0.4, -0.2) is 121 Å². The lowest BCUT2D eigenvalue weighted by molar-refractivity contribution is -0.143. The molecule has 3 fully saturated rings. The summed E-state index contributed by atoms with van der Waals surface area (Å²) < 4.78 is 42.1. The van der Waals surface area contributed by atoms with Crippen LogP contribution in [0.4, 0.5) is 21.0 Å². The lowest BCUT2D eigenvalue weighted by Crippen LogP contribution is -2.57. The van der Waals surface area contributed by atoms with E-state index in [0.717, 1.165) is 48.2 Å². The van der Waals surface area contributed by atoms with Crippen LogP contribution in [0.5, 0.6) is 17.2 Å². The van der Waals surface area contributed by atoms with E-state index in [4.69, 9.17) is 56.2 Å². The van der Waals surface area contributed by atoms with Crippen LogP contribution in [0.1, 0.15) is 136 Å². The highest BCUT2D eigenvalue weighted by molar-refractivity contribution is 9.10. The summed E-state index contributed by atoms with van der Waals surface area (Å²) in [5.41, 5.74) is 2.80. The Hall–Kier alpha value is -6.57. The third-order valence-electron chi connectivity index (χ3n) is 17.2. The maximum atomic E-state index is 13.6. The van der Waals surface area contributed by atoms with E-state index in [1.54, 1.807) is 20.8 Å². The number of aryl methyl sites for hydroxylation is 1. The summed E-state index contributed by atoms with van der Waals surface area (Å²) in [4.78, 5) is 70.6. The second-order valence-electron chi connectivity index (χ2n) is 30.4. The fraction of sp³-hybridized carbons (Fsp3) is 0.500. The van der Waals surface area contributed by atoms with Crippen LogP contribution in [-0.2, 0) is 33.2 Å². The van der Waals surface area contributed by atoms with E-state index < -0.39 is 47.1 Å². The molecule has 20 heteroatoms. The molecule has 0 aliphatic carbocycles. The van der Waals surface area contributed by atoms with Gasteiger partial charge < -0.3 is 52.6 Å². The van der Waals surface area contributed by atoms with Gasteiger partial charge in [0.25, 0.3) is 11.8 Å². The second-order valence-corrected chi connectivity index (χ2v) is 32.1. The fourth-order valence-electron chi connectivity index (χ4n) is 11.7. The number of nitrogens with zero attached hydrogens (tertiary/aromatic N) is 4. The third kappa shape index (κ3) is 16.8. The first-order valence-electron chi connectivity index (χ1n) is 32.6. The molecule has 2 atom stereocenters. The van der Waals surface area contributed by atoms with Crippen molar-refractivity contribution >= 4 is 115 Å². The van der Waals surface area contributed by atoms with Gasteiger partial charge in [0, 0.05) is 61.1 Å². The zero-order valence-corrected chi connectivity index (χ0v) is 60.9. The molecule has 0 aromatic heterocycles. The molecule has 3 saturated heterocycles. The standard InChI is InChI=1S/C32H37ClN2O4.C21H27BO4.C21H28BrClN2O4/c1-19(2)11-29-30(36)35(18-21-16-34(17-21)31(37)39-32(4,5)6)27-15-26(33)25(14-28(27)38-29)24-13-20(3)12-22-9-7-8-10-23(22)24;1-19(2,3)18(23)24-15-12-14-10-8-9-11-16(14)17(13-15)22-25-20(4,5)21(6,7)26-22;1-12(2)6-18-19(26)25(16-8-15(23)14(22)7-17(16)28-18)11-13-9-24(10-13)20(27)29-21(3,4)5/h7-10,12-15,19,21,29H,11,16-18H2,1-6H3;8-13H,1-7H3;7-8,12-13,18H,6,9-11H2,1-5H3. The van der Waals surface area contributed by atoms with Gasteiger partial charge >= 0.3 is 25.3 Å². The number of halogens is 3. The van der Waals surface area contributed by atoms with Crippen LogP contribution < -0.4 is 29.5 Å². The van der Waals surface area contributed by atoms with Gasteiger partial charge in [-0.05, 0) is 212 Å². The summed E-state index contributed by atoms with van der Waals surface area (Å²) in [5, 5.41) is 5.37. The first-order chi connectivity index (χ1) is 43.7. The molecule has 6 aromatic carbocycles. The summed E-state index contributed by atoms with van der Waals surface area (Å²) in [6.45, 7) is 38.4. The molecule has 0 spiro atoms. The summed E-state index contributed by atoms with van der Waals surface area (Å²) in [6.07, 6.45) is -0.450. The Bertz CT molecular complexity index is 3830. The molecule has 0 saturated carbocycles. The predicted molar refractivity (Wildman–Crippen MR) is 378 cm³/mol. The monoisotopic (exact) mass is 1390 g/mol. The normalized spacial score (nSPS) is 18.7. The van der Waals surface area contributed by atoms with E-state index in [-0.39, 0.29) is 41.8 Å². The van der Waals surface area contributed by atoms with Crippen molar-refractivity contribution < 1.29 is 57.0 Å². The molecule has 94 heavy (non-hydrogen) atoms. The zero-order valence-electron chi connectivity index (χ0n) is 57.8. The average molecular weight is 1390 g/mol. The van der Waals surface area contributed by atoms with Crippen LogP contribution in [0.2, 0.25) is 10.0 Å². The predicted octanol–water partition coefficient (Wildman–Crippen LogP) is 16.7. The van der Waals surface area contributed by atoms with Crippen molar-refractivity contribution in [3.05, 3.63) is 117 Å². The number of anilines is 2. The molecular formula is C74H92BBrCl2N4O12. The Balaban J connectivity index is 0.000000170. The molecule has 0 radical (unpaired) electrons. The lowest BCUT2D eigenvalue weighted by Gasteiger charge is -2.43. The second kappa shape index (κ2) is 27.9. The molecule has 6 aromatic rings. The zero-order chi connectivity index (χ0) is 68.9. The number of likely N-dealkylation sites (tertiary alicyclic amines) is 2. The highest BCUT2D eigenvalue weighted by atomic mass is 79.9. The molecule has 0 bridgehead atoms. The van der Waals surface area contributed by atoms with Crippen molar-refractivity contribution in [2.45, 2.75) is 172 Å². The Morgan fingerprint density at radius 1 is 0.606 bits per heavy atom. The van der Waals surface area contributed by atoms with E-state index in [2.05, 4.69) is 74.8 Å². The Kier molecular flexibility index (Phi) is 21.3. The van der Waals surface area contributed by atoms with E-state index in [9.17, 15) is 24.0 Å². The van der Waals surface area contributed by atoms with Gasteiger partial charge in [-0.15, -0.1) is 0 Å². The smallest absolute Gasteiger partial charge is 0.478 e. The first-order valence-corrected chi connectivity index (χ1v) is 34.1. The van der Waals surface area contributed by atoms with E-state index in [1.807, 2.05) is 162 Å². The van der Waals surface area contributed by atoms with Crippen molar-refractivity contribution in [1.82, 2.24) is 9.80 Å². The van der Waals surface area contributed by atoms with Gasteiger partial charge in [-0.25, -0.2) is 9.59 Å². The lowest BCUT2D eigenvalue weighted by atomic mass is 9.76. The van der Waals surface area contributed by atoms with E-state index >= 15 is 0 Å². The Morgan fingerprint density at radius 3 is 1.52 bits per heavy atom. The fourth-order valence-corrected chi connectivity index (χ4v) is 12.5. The van der Waals surface area contributed by atoms with Crippen LogP contribution in [0.25, 0.3) is 32.7 Å². The Morgan fingerprint density at radius 2 is 1.05 bits per heavy atom. The average Bonchev–Trinajstić information content (AvgIpc) is 0.840. The summed E-state index contributed by atoms with van der Waals surface area (Å²) in [6, 6.07) is 31.7. The molecule has 16 nitrogen and oxygen atoms in total. The number of benzene rings is 6. The third-order valence-corrected chi connectivity index (χ3v) is 18.7. The van der Waals surface area contributed by atoms with Gasteiger partial charge in [-0.2, -0.15) is 0 Å². The van der Waals surface area contributed by atoms with Crippen molar-refractivity contribution in [1.29, 1.82) is 0 Å². The largest absolute Gasteiger partial charge is 0.495 e. The number of hydrogen-bond donors (Lipinski definition) is 0. The highest BCUT2D eigenvalue weighted by Crippen LogP contribution is 2.46. The molecule has 4 amide bonds. The number of esters is 1. The molecule has 5 heterocycles.